The van der Waals surface area contributed by atoms with Crippen LogP contribution in [0.1, 0.15) is 34.0 Å². The lowest BCUT2D eigenvalue weighted by Crippen LogP contribution is -2.30. The first-order valence-electron chi connectivity index (χ1n) is 9.39. The van der Waals surface area contributed by atoms with Gasteiger partial charge in [0.05, 0.1) is 17.0 Å². The van der Waals surface area contributed by atoms with Crippen LogP contribution in [0.25, 0.3) is 0 Å². The van der Waals surface area contributed by atoms with Crippen molar-refractivity contribution < 1.29 is 19.7 Å². The molecule has 3 aromatic rings. The second kappa shape index (κ2) is 6.98. The van der Waals surface area contributed by atoms with Gasteiger partial charge in [-0.2, -0.15) is 0 Å². The number of nitrogens with zero attached hydrogens (tertiary/aromatic N) is 2. The molecule has 1 aromatic carbocycles. The van der Waals surface area contributed by atoms with Crippen molar-refractivity contribution in [1.82, 2.24) is 9.13 Å². The molecule has 0 bridgehead atoms. The number of fused-ring (bicyclic) bond motifs is 1. The smallest absolute Gasteiger partial charge is 0.258 e. The van der Waals surface area contributed by atoms with Crippen molar-refractivity contribution in [3.8, 4) is 23.0 Å². The first kappa shape index (κ1) is 19.6. The summed E-state index contributed by atoms with van der Waals surface area (Å²) in [6, 6.07) is 7.95. The van der Waals surface area contributed by atoms with Crippen LogP contribution in [0.15, 0.2) is 39.9 Å². The quantitative estimate of drug-likeness (QED) is 0.685. The maximum Gasteiger partial charge on any atom is 0.258 e. The van der Waals surface area contributed by atoms with Crippen molar-refractivity contribution in [3.63, 3.8) is 0 Å². The summed E-state index contributed by atoms with van der Waals surface area (Å²) in [6.45, 7) is 3.46. The molecular weight excluding hydrogens is 388 g/mol. The number of aromatic nitrogens is 2. The van der Waals surface area contributed by atoms with Gasteiger partial charge < -0.3 is 28.8 Å². The summed E-state index contributed by atoms with van der Waals surface area (Å²) in [5.74, 6) is -0.511. The molecule has 156 valence electrons. The molecule has 0 radical (unpaired) electrons. The Morgan fingerprint density at radius 2 is 1.33 bits per heavy atom. The van der Waals surface area contributed by atoms with Crippen molar-refractivity contribution in [2.75, 3.05) is 6.79 Å². The number of aromatic hydroxyl groups is 2. The molecule has 0 fully saturated rings. The normalized spacial score (nSPS) is 12.6. The largest absolute Gasteiger partial charge is 0.507 e. The Bertz CT molecular complexity index is 1220. The van der Waals surface area contributed by atoms with Crippen LogP contribution in [-0.4, -0.2) is 26.1 Å². The Labute approximate surface area is 172 Å². The van der Waals surface area contributed by atoms with E-state index in [1.807, 2.05) is 0 Å². The lowest BCUT2D eigenvalue weighted by atomic mass is 9.84. The zero-order valence-corrected chi connectivity index (χ0v) is 17.1. The third-order valence-corrected chi connectivity index (χ3v) is 5.68. The standard InChI is InChI=1S/C22H22N2O6/c1-11-7-14(25)19(21(27)23(11)3)18(13-5-6-16-17(9-13)30-10-29-16)20-15(26)8-12(2)24(4)22(20)28/h5-9,18,25-26H,10H2,1-4H3. The van der Waals surface area contributed by atoms with Crippen molar-refractivity contribution in [2.45, 2.75) is 19.8 Å². The van der Waals surface area contributed by atoms with E-state index < -0.39 is 17.0 Å². The predicted octanol–water partition coefficient (Wildman–Crippen LogP) is 2.02. The van der Waals surface area contributed by atoms with E-state index in [-0.39, 0.29) is 29.4 Å². The van der Waals surface area contributed by atoms with Crippen LogP contribution in [0, 0.1) is 13.8 Å². The van der Waals surface area contributed by atoms with Crippen LogP contribution in [-0.2, 0) is 14.1 Å². The second-order valence-electron chi connectivity index (χ2n) is 7.44. The zero-order valence-electron chi connectivity index (χ0n) is 17.1. The van der Waals surface area contributed by atoms with Crippen LogP contribution in [0.4, 0.5) is 0 Å². The third kappa shape index (κ3) is 2.92. The van der Waals surface area contributed by atoms with Crippen molar-refractivity contribution >= 4 is 0 Å². The monoisotopic (exact) mass is 410 g/mol. The summed E-state index contributed by atoms with van der Waals surface area (Å²) in [6.07, 6.45) is 0. The van der Waals surface area contributed by atoms with Crippen molar-refractivity contribution in [2.24, 2.45) is 14.1 Å². The highest BCUT2D eigenvalue weighted by Gasteiger charge is 2.31. The SMILES string of the molecule is Cc1cc(O)c(C(c2ccc3c(c2)OCO3)c2c(O)cc(C)n(C)c2=O)c(=O)n1C. The number of pyridine rings is 2. The molecule has 3 heterocycles. The molecular formula is C22H22N2O6. The second-order valence-corrected chi connectivity index (χ2v) is 7.44. The number of aryl methyl sites for hydroxylation is 2. The van der Waals surface area contributed by atoms with E-state index in [2.05, 4.69) is 0 Å². The maximum absolute atomic E-state index is 13.2. The minimum absolute atomic E-state index is 0.00165. The Hall–Kier alpha value is -3.68. The maximum atomic E-state index is 13.2. The van der Waals surface area contributed by atoms with Crippen LogP contribution >= 0.6 is 0 Å². The first-order valence-corrected chi connectivity index (χ1v) is 9.39. The van der Waals surface area contributed by atoms with Gasteiger partial charge in [0.15, 0.2) is 11.5 Å². The average molecular weight is 410 g/mol. The molecule has 0 aliphatic carbocycles. The van der Waals surface area contributed by atoms with Gasteiger partial charge >= 0.3 is 0 Å². The van der Waals surface area contributed by atoms with Gasteiger partial charge in [0.1, 0.15) is 11.5 Å². The van der Waals surface area contributed by atoms with Gasteiger partial charge in [0.25, 0.3) is 11.1 Å². The van der Waals surface area contributed by atoms with Crippen LogP contribution in [0.5, 0.6) is 23.0 Å². The molecule has 30 heavy (non-hydrogen) atoms. The number of hydrogen-bond donors (Lipinski definition) is 2. The van der Waals surface area contributed by atoms with Gasteiger partial charge in [-0.05, 0) is 43.7 Å². The van der Waals surface area contributed by atoms with E-state index >= 15 is 0 Å². The van der Waals surface area contributed by atoms with Crippen molar-refractivity contribution in [1.29, 1.82) is 0 Å². The lowest BCUT2D eigenvalue weighted by Gasteiger charge is -2.22. The molecule has 0 spiro atoms. The summed E-state index contributed by atoms with van der Waals surface area (Å²) in [5, 5.41) is 21.5. The minimum Gasteiger partial charge on any atom is -0.507 e. The summed E-state index contributed by atoms with van der Waals surface area (Å²) in [5.41, 5.74) is 0.705. The molecule has 1 aliphatic rings. The fraction of sp³-hybridized carbons (Fsp3) is 0.273. The van der Waals surface area contributed by atoms with Crippen LogP contribution in [0.2, 0.25) is 0 Å². The Morgan fingerprint density at radius 1 is 0.833 bits per heavy atom. The Morgan fingerprint density at radius 3 is 1.87 bits per heavy atom. The molecule has 8 nitrogen and oxygen atoms in total. The van der Waals surface area contributed by atoms with E-state index in [1.165, 1.54) is 21.3 Å². The Kier molecular flexibility index (Phi) is 4.57. The Balaban J connectivity index is 2.09. The van der Waals surface area contributed by atoms with Crippen LogP contribution < -0.4 is 20.6 Å². The topological polar surface area (TPSA) is 103 Å². The molecule has 4 rings (SSSR count). The average Bonchev–Trinajstić information content (AvgIpc) is 3.17. The predicted molar refractivity (Wildman–Crippen MR) is 110 cm³/mol. The molecule has 0 amide bonds. The van der Waals surface area contributed by atoms with Gasteiger partial charge in [-0.1, -0.05) is 6.07 Å². The highest BCUT2D eigenvalue weighted by atomic mass is 16.7. The first-order chi connectivity index (χ1) is 14.2. The van der Waals surface area contributed by atoms with Gasteiger partial charge in [-0.15, -0.1) is 0 Å². The fourth-order valence-corrected chi connectivity index (χ4v) is 3.76. The zero-order chi connectivity index (χ0) is 21.7. The summed E-state index contributed by atoms with van der Waals surface area (Å²) < 4.78 is 13.6. The van der Waals surface area contributed by atoms with E-state index in [1.54, 1.807) is 46.1 Å². The van der Waals surface area contributed by atoms with E-state index in [0.717, 1.165) is 0 Å². The molecule has 8 heteroatoms. The number of hydrogen-bond acceptors (Lipinski definition) is 6. The van der Waals surface area contributed by atoms with Gasteiger partial charge in [0.2, 0.25) is 6.79 Å². The number of benzene rings is 1. The van der Waals surface area contributed by atoms with Gasteiger partial charge in [-0.25, -0.2) is 0 Å². The highest BCUT2D eigenvalue weighted by molar-refractivity contribution is 5.55. The van der Waals surface area contributed by atoms with E-state index in [0.29, 0.717) is 28.5 Å². The fourth-order valence-electron chi connectivity index (χ4n) is 3.76. The summed E-state index contributed by atoms with van der Waals surface area (Å²) in [4.78, 5) is 26.3. The van der Waals surface area contributed by atoms with Crippen molar-refractivity contribution in [3.05, 3.63) is 79.1 Å². The van der Waals surface area contributed by atoms with Gasteiger partial charge in [-0.3, -0.25) is 9.59 Å². The van der Waals surface area contributed by atoms with Crippen LogP contribution in [0.3, 0.4) is 0 Å². The molecule has 0 saturated heterocycles. The molecule has 1 aliphatic heterocycles. The highest BCUT2D eigenvalue weighted by Crippen LogP contribution is 2.41. The van der Waals surface area contributed by atoms with E-state index in [4.69, 9.17) is 9.47 Å². The molecule has 2 aromatic heterocycles. The summed E-state index contributed by atoms with van der Waals surface area (Å²) in [7, 11) is 3.18. The molecule has 2 N–H and O–H groups in total. The number of rotatable bonds is 3. The lowest BCUT2D eigenvalue weighted by molar-refractivity contribution is 0.174. The molecule has 0 atom stereocenters. The number of ether oxygens (including phenoxy) is 2. The molecule has 0 saturated carbocycles. The van der Waals surface area contributed by atoms with Gasteiger partial charge in [0, 0.05) is 25.5 Å². The molecule has 0 unspecified atom stereocenters. The third-order valence-electron chi connectivity index (χ3n) is 5.68. The summed E-state index contributed by atoms with van der Waals surface area (Å²) >= 11 is 0. The van der Waals surface area contributed by atoms with E-state index in [9.17, 15) is 19.8 Å². The minimum atomic E-state index is -1.02.